The lowest BCUT2D eigenvalue weighted by atomic mass is 10.0. The van der Waals surface area contributed by atoms with Crippen LogP contribution in [0.15, 0.2) is 11.5 Å². The Morgan fingerprint density at radius 2 is 1.37 bits per heavy atom. The van der Waals surface area contributed by atoms with Gasteiger partial charge in [0.25, 0.3) is 0 Å². The summed E-state index contributed by atoms with van der Waals surface area (Å²) < 4.78 is 31.6. The first-order chi connectivity index (χ1) is 24.1. The maximum atomic E-state index is 11.1. The first-order valence-corrected chi connectivity index (χ1v) is 16.5. The summed E-state index contributed by atoms with van der Waals surface area (Å²) in [5.41, 5.74) is 5.44. The molecule has 2 aliphatic heterocycles. The second kappa shape index (κ2) is 22.0. The number of aliphatic hydroxyl groups excluding tert-OH is 14. The van der Waals surface area contributed by atoms with Crippen LogP contribution in [0.4, 0.5) is 0 Å². The highest BCUT2D eigenvalue weighted by atomic mass is 16.9. The Bertz CT molecular complexity index is 1010. The van der Waals surface area contributed by atoms with Crippen LogP contribution in [-0.4, -0.2) is 208 Å². The number of epoxide rings is 1. The van der Waals surface area contributed by atoms with E-state index in [2.05, 4.69) is 0 Å². The Morgan fingerprint density at radius 3 is 1.94 bits per heavy atom. The van der Waals surface area contributed by atoms with Gasteiger partial charge in [0.1, 0.15) is 54.9 Å². The number of hydrogen-bond acceptors (Lipinski definition) is 22. The fraction of sp³-hybridized carbons (Fsp3) is 0.931. The van der Waals surface area contributed by atoms with Crippen molar-refractivity contribution >= 4 is 0 Å². The molecule has 0 bridgehead atoms. The summed E-state index contributed by atoms with van der Waals surface area (Å²) in [4.78, 5) is 0. The molecule has 0 radical (unpaired) electrons. The molecule has 0 aromatic rings. The average molecular weight is 754 g/mol. The average Bonchev–Trinajstić information content (AvgIpc) is 3.68. The van der Waals surface area contributed by atoms with Crippen molar-refractivity contribution in [2.75, 3.05) is 39.6 Å². The van der Waals surface area contributed by atoms with Gasteiger partial charge in [0.15, 0.2) is 24.6 Å². The number of nitrogens with two attached hydrogens (primary N) is 1. The molecule has 0 aromatic heterocycles. The summed E-state index contributed by atoms with van der Waals surface area (Å²) in [6.45, 7) is -2.46. The van der Waals surface area contributed by atoms with Gasteiger partial charge in [-0.2, -0.15) is 0 Å². The number of ether oxygens (including phenoxy) is 6. The third-order valence-corrected chi connectivity index (χ3v) is 8.12. The molecule has 0 aromatic carbocycles. The Labute approximate surface area is 292 Å². The monoisotopic (exact) mass is 753 g/mol. The van der Waals surface area contributed by atoms with Gasteiger partial charge in [-0.3, -0.25) is 0 Å². The molecular weight excluding hydrogens is 698 g/mol. The highest BCUT2D eigenvalue weighted by Gasteiger charge is 2.61. The second-order valence-corrected chi connectivity index (χ2v) is 12.1. The van der Waals surface area contributed by atoms with E-state index in [4.69, 9.17) is 39.3 Å². The van der Waals surface area contributed by atoms with Gasteiger partial charge in [-0.1, -0.05) is 0 Å². The fourth-order valence-electron chi connectivity index (χ4n) is 5.16. The van der Waals surface area contributed by atoms with Gasteiger partial charge in [-0.15, -0.1) is 0 Å². The Morgan fingerprint density at radius 1 is 0.784 bits per heavy atom. The highest BCUT2D eigenvalue weighted by molar-refractivity contribution is 5.21. The SMILES string of the molecule is NCCCCCOC(O)C(O)C(OC1OC([C@H](O)CO)C(OC(O)C(O)C(OC2(O)O/C2=C(/O)C(O)CCO)C(O)CCO)C1O)C(O)CCO. The molecule has 14 unspecified atom stereocenters. The molecule has 0 saturated carbocycles. The van der Waals surface area contributed by atoms with Crippen molar-refractivity contribution in [2.45, 2.75) is 131 Å². The molecule has 0 amide bonds. The van der Waals surface area contributed by atoms with Crippen molar-refractivity contribution in [1.29, 1.82) is 0 Å². The summed E-state index contributed by atoms with van der Waals surface area (Å²) in [7, 11) is 0. The van der Waals surface area contributed by atoms with E-state index >= 15 is 0 Å². The molecule has 302 valence electrons. The van der Waals surface area contributed by atoms with E-state index in [0.717, 1.165) is 0 Å². The third-order valence-electron chi connectivity index (χ3n) is 8.12. The quantitative estimate of drug-likeness (QED) is 0.0160. The van der Waals surface area contributed by atoms with Crippen molar-refractivity contribution < 1.29 is 105 Å². The van der Waals surface area contributed by atoms with E-state index in [-0.39, 0.29) is 13.0 Å². The number of rotatable bonds is 27. The lowest BCUT2D eigenvalue weighted by Crippen LogP contribution is -2.53. The van der Waals surface area contributed by atoms with Crippen LogP contribution in [0.25, 0.3) is 0 Å². The number of unbranched alkanes of at least 4 members (excludes halogenated alkanes) is 2. The van der Waals surface area contributed by atoms with Crippen LogP contribution in [0.3, 0.4) is 0 Å². The molecule has 22 heteroatoms. The minimum Gasteiger partial charge on any atom is -0.506 e. The van der Waals surface area contributed by atoms with Crippen LogP contribution >= 0.6 is 0 Å². The highest BCUT2D eigenvalue weighted by Crippen LogP contribution is 2.44. The lowest BCUT2D eigenvalue weighted by molar-refractivity contribution is -0.292. The normalized spacial score (nSPS) is 30.4. The van der Waals surface area contributed by atoms with E-state index in [1.165, 1.54) is 0 Å². The Kier molecular flexibility index (Phi) is 19.8. The van der Waals surface area contributed by atoms with E-state index in [9.17, 15) is 71.5 Å². The van der Waals surface area contributed by atoms with E-state index < -0.39 is 143 Å². The zero-order valence-corrected chi connectivity index (χ0v) is 27.8. The maximum absolute atomic E-state index is 11.1. The van der Waals surface area contributed by atoms with Crippen LogP contribution in [0.5, 0.6) is 0 Å². The first kappa shape index (κ1) is 45.7. The van der Waals surface area contributed by atoms with Crippen LogP contribution in [0.2, 0.25) is 0 Å². The minimum absolute atomic E-state index is 0.0177. The zero-order chi connectivity index (χ0) is 38.5. The summed E-state index contributed by atoms with van der Waals surface area (Å²) in [6, 6.07) is 0. The van der Waals surface area contributed by atoms with Gasteiger partial charge < -0.3 is 111 Å². The molecule has 2 heterocycles. The molecule has 2 aliphatic rings. The van der Waals surface area contributed by atoms with Gasteiger partial charge >= 0.3 is 5.97 Å². The van der Waals surface area contributed by atoms with Crippen molar-refractivity contribution in [3.8, 4) is 0 Å². The molecule has 51 heavy (non-hydrogen) atoms. The van der Waals surface area contributed by atoms with E-state index in [1.54, 1.807) is 0 Å². The smallest absolute Gasteiger partial charge is 0.392 e. The van der Waals surface area contributed by atoms with Crippen molar-refractivity contribution in [3.05, 3.63) is 11.5 Å². The molecular formula is C29H55NO21. The molecule has 2 saturated heterocycles. The second-order valence-electron chi connectivity index (χ2n) is 12.1. The fourth-order valence-corrected chi connectivity index (χ4v) is 5.16. The summed E-state index contributed by atoms with van der Waals surface area (Å²) in [6.07, 6.45) is -27.0. The van der Waals surface area contributed by atoms with Gasteiger partial charge in [0, 0.05) is 32.8 Å². The van der Waals surface area contributed by atoms with Crippen LogP contribution in [0, 0.1) is 0 Å². The van der Waals surface area contributed by atoms with Gasteiger partial charge in [-0.05, 0) is 38.6 Å². The van der Waals surface area contributed by atoms with E-state index in [0.29, 0.717) is 25.8 Å². The standard InChI is InChI=1S/C29H55NO21/c30-7-2-1-3-11-46-26(43)18(40)21(14(36)5-9-32)48-28-20(42)24(23(49-28)16(38)12-34)47-27(44)19(41)22(15(37)6-10-33)50-29(45)25(51-29)17(39)13(35)4-8-31/h13-16,18-24,26-28,31-45H,1-12,30H2/b25-17+/t13?,14?,15?,16-,18?,19?,20?,21?,22?,23?,24?,26?,27?,28?,29?/m1/s1. The van der Waals surface area contributed by atoms with Crippen LogP contribution in [-0.2, 0) is 28.4 Å². The predicted molar refractivity (Wildman–Crippen MR) is 164 cm³/mol. The van der Waals surface area contributed by atoms with Crippen LogP contribution in [0.1, 0.15) is 38.5 Å². The molecule has 0 spiro atoms. The maximum Gasteiger partial charge on any atom is 0.392 e. The molecule has 17 N–H and O–H groups in total. The van der Waals surface area contributed by atoms with Crippen molar-refractivity contribution in [3.63, 3.8) is 0 Å². The molecule has 2 fully saturated rings. The zero-order valence-electron chi connectivity index (χ0n) is 27.8. The summed E-state index contributed by atoms with van der Waals surface area (Å²) in [5.74, 6) is -4.59. The summed E-state index contributed by atoms with van der Waals surface area (Å²) in [5, 5.41) is 153. The third kappa shape index (κ3) is 12.8. The topological polar surface area (TPSA) is 388 Å². The van der Waals surface area contributed by atoms with Gasteiger partial charge in [0.05, 0.1) is 18.8 Å². The van der Waals surface area contributed by atoms with Crippen LogP contribution < -0.4 is 5.73 Å². The van der Waals surface area contributed by atoms with Crippen molar-refractivity contribution in [1.82, 2.24) is 0 Å². The minimum atomic E-state index is -2.86. The number of hydrogen-bond donors (Lipinski definition) is 16. The largest absolute Gasteiger partial charge is 0.506 e. The molecule has 0 aliphatic carbocycles. The Hall–Kier alpha value is -1.46. The Balaban J connectivity index is 2.26. The van der Waals surface area contributed by atoms with Gasteiger partial charge in [0.2, 0.25) is 5.76 Å². The summed E-state index contributed by atoms with van der Waals surface area (Å²) >= 11 is 0. The molecule has 2 rings (SSSR count). The predicted octanol–water partition coefficient (Wildman–Crippen LogP) is -7.24. The van der Waals surface area contributed by atoms with Gasteiger partial charge in [-0.25, -0.2) is 0 Å². The lowest BCUT2D eigenvalue weighted by Gasteiger charge is -2.33. The molecule has 22 nitrogen and oxygen atoms in total. The number of aliphatic hydroxyl groups is 15. The van der Waals surface area contributed by atoms with E-state index in [1.807, 2.05) is 0 Å². The molecule has 15 atom stereocenters. The first-order valence-electron chi connectivity index (χ1n) is 16.5. The van der Waals surface area contributed by atoms with Crippen molar-refractivity contribution in [2.24, 2.45) is 5.73 Å².